The molecule has 1 atom stereocenters. The lowest BCUT2D eigenvalue weighted by Gasteiger charge is -2.18. The molecule has 0 unspecified atom stereocenters. The van der Waals surface area contributed by atoms with Crippen molar-refractivity contribution in [3.05, 3.63) is 85.1 Å². The average molecular weight is 877 g/mol. The van der Waals surface area contributed by atoms with Crippen LogP contribution in [0.3, 0.4) is 0 Å². The molecule has 63 heavy (non-hydrogen) atoms. The number of carbonyl (C=O) groups is 3. The Morgan fingerprint density at radius 1 is 0.333 bits per heavy atom. The molecule has 0 fully saturated rings. The molecule has 0 aliphatic carbocycles. The van der Waals surface area contributed by atoms with Gasteiger partial charge < -0.3 is 14.2 Å². The fourth-order valence-electron chi connectivity index (χ4n) is 6.93. The maximum absolute atomic E-state index is 12.8. The minimum absolute atomic E-state index is 0.100. The molecule has 0 aromatic carbocycles. The van der Waals surface area contributed by atoms with Crippen LogP contribution in [0.2, 0.25) is 0 Å². The van der Waals surface area contributed by atoms with Crippen LogP contribution >= 0.6 is 0 Å². The van der Waals surface area contributed by atoms with Gasteiger partial charge in [0.05, 0.1) is 0 Å². The zero-order chi connectivity index (χ0) is 45.8. The molecule has 0 saturated carbocycles. The Hall–Kier alpha value is -3.41. The number of hydrogen-bond donors (Lipinski definition) is 0. The summed E-state index contributed by atoms with van der Waals surface area (Å²) in [7, 11) is 0. The van der Waals surface area contributed by atoms with E-state index in [2.05, 4.69) is 106 Å². The van der Waals surface area contributed by atoms with E-state index in [0.29, 0.717) is 19.3 Å². The number of carbonyl (C=O) groups excluding carboxylic acids is 3. The SMILES string of the molecule is CC/C=C\C/C=C\C/C=C\CCCCCCCC(=O)OC[C@H](COC(=O)CCCCCCCCC/C=C\CCCCCC)OC(=O)CCCC/C=C\C/C=C\C/C=C\CCCCC. The minimum atomic E-state index is -0.805. The molecule has 6 heteroatoms. The average Bonchev–Trinajstić information content (AvgIpc) is 3.28. The second-order valence-electron chi connectivity index (χ2n) is 17.0. The van der Waals surface area contributed by atoms with Gasteiger partial charge in [-0.1, -0.05) is 189 Å². The van der Waals surface area contributed by atoms with Gasteiger partial charge in [0.1, 0.15) is 13.2 Å². The van der Waals surface area contributed by atoms with Crippen molar-refractivity contribution in [1.82, 2.24) is 0 Å². The van der Waals surface area contributed by atoms with E-state index in [9.17, 15) is 14.4 Å². The minimum Gasteiger partial charge on any atom is -0.462 e. The summed E-state index contributed by atoms with van der Waals surface area (Å²) < 4.78 is 16.8. The number of unbranched alkanes of at least 4 members (excludes halogenated alkanes) is 21. The lowest BCUT2D eigenvalue weighted by atomic mass is 10.1. The van der Waals surface area contributed by atoms with Crippen molar-refractivity contribution in [2.45, 2.75) is 245 Å². The second kappa shape index (κ2) is 51.2. The molecular weight excluding hydrogens is 781 g/mol. The third-order valence-electron chi connectivity index (χ3n) is 10.9. The Morgan fingerprint density at radius 3 is 1.05 bits per heavy atom. The van der Waals surface area contributed by atoms with Crippen LogP contribution < -0.4 is 0 Å². The summed E-state index contributed by atoms with van der Waals surface area (Å²) in [5, 5.41) is 0. The lowest BCUT2D eigenvalue weighted by Crippen LogP contribution is -2.30. The van der Waals surface area contributed by atoms with E-state index in [4.69, 9.17) is 14.2 Å². The second-order valence-corrected chi connectivity index (χ2v) is 17.0. The fourth-order valence-corrected chi connectivity index (χ4v) is 6.93. The molecule has 0 heterocycles. The van der Waals surface area contributed by atoms with Crippen molar-refractivity contribution in [2.24, 2.45) is 0 Å². The summed E-state index contributed by atoms with van der Waals surface area (Å²) in [6, 6.07) is 0. The predicted molar refractivity (Wildman–Crippen MR) is 270 cm³/mol. The van der Waals surface area contributed by atoms with Crippen molar-refractivity contribution in [1.29, 1.82) is 0 Å². The molecule has 0 aliphatic rings. The first-order valence-electron chi connectivity index (χ1n) is 26.1. The smallest absolute Gasteiger partial charge is 0.306 e. The van der Waals surface area contributed by atoms with Crippen LogP contribution in [0.5, 0.6) is 0 Å². The zero-order valence-corrected chi connectivity index (χ0v) is 41.1. The topological polar surface area (TPSA) is 78.9 Å². The molecule has 0 bridgehead atoms. The first kappa shape index (κ1) is 59.6. The van der Waals surface area contributed by atoms with Crippen LogP contribution in [-0.2, 0) is 28.6 Å². The summed E-state index contributed by atoms with van der Waals surface area (Å²) >= 11 is 0. The van der Waals surface area contributed by atoms with Crippen molar-refractivity contribution in [3.8, 4) is 0 Å². The molecule has 0 N–H and O–H groups in total. The molecule has 6 nitrogen and oxygen atoms in total. The van der Waals surface area contributed by atoms with Crippen molar-refractivity contribution < 1.29 is 28.6 Å². The standard InChI is InChI=1S/C57H96O6/c1-4-7-10-13-16-19-22-25-28-31-34-37-40-43-46-49-55(58)61-52-54(63-57(60)51-48-45-42-39-36-33-30-27-24-21-18-15-12-9-6-3)53-62-56(59)50-47-44-41-38-35-32-29-26-23-20-17-14-11-8-5-2/h7,10,16,18-21,23,25,27-28,30,36,39,54H,4-6,8-9,11-15,17,22,24,26,29,31-35,37-38,40-53H2,1-3H3/b10-7-,19-16-,21-18-,23-20-,28-25-,30-27-,39-36-/t54-/m1/s1. The van der Waals surface area contributed by atoms with Crippen LogP contribution in [0.1, 0.15) is 239 Å². The van der Waals surface area contributed by atoms with Crippen LogP contribution in [0.4, 0.5) is 0 Å². The summed E-state index contributed by atoms with van der Waals surface area (Å²) in [6.45, 7) is 6.43. The maximum Gasteiger partial charge on any atom is 0.306 e. The molecule has 0 saturated heterocycles. The van der Waals surface area contributed by atoms with Gasteiger partial charge in [0, 0.05) is 19.3 Å². The Labute approximate surface area is 388 Å². The van der Waals surface area contributed by atoms with Gasteiger partial charge in [-0.25, -0.2) is 0 Å². The fraction of sp³-hybridized carbons (Fsp3) is 0.702. The van der Waals surface area contributed by atoms with Crippen LogP contribution in [0.25, 0.3) is 0 Å². The summed E-state index contributed by atoms with van der Waals surface area (Å²) in [5.41, 5.74) is 0. The molecule has 0 aliphatic heterocycles. The number of hydrogen-bond acceptors (Lipinski definition) is 6. The highest BCUT2D eigenvalue weighted by atomic mass is 16.6. The van der Waals surface area contributed by atoms with E-state index in [1.165, 1.54) is 89.9 Å². The van der Waals surface area contributed by atoms with Gasteiger partial charge in [0.15, 0.2) is 6.10 Å². The maximum atomic E-state index is 12.8. The molecule has 0 radical (unpaired) electrons. The van der Waals surface area contributed by atoms with Gasteiger partial charge in [-0.05, 0) is 116 Å². The van der Waals surface area contributed by atoms with E-state index < -0.39 is 6.10 Å². The van der Waals surface area contributed by atoms with Gasteiger partial charge in [0.25, 0.3) is 0 Å². The van der Waals surface area contributed by atoms with E-state index in [0.717, 1.165) is 103 Å². The third-order valence-corrected chi connectivity index (χ3v) is 10.9. The quantitative estimate of drug-likeness (QED) is 0.0262. The van der Waals surface area contributed by atoms with Gasteiger partial charge in [-0.2, -0.15) is 0 Å². The number of allylic oxidation sites excluding steroid dienone is 14. The van der Waals surface area contributed by atoms with Gasteiger partial charge in [-0.15, -0.1) is 0 Å². The monoisotopic (exact) mass is 877 g/mol. The van der Waals surface area contributed by atoms with E-state index in [1.807, 2.05) is 0 Å². The Kier molecular flexibility index (Phi) is 48.5. The largest absolute Gasteiger partial charge is 0.462 e. The van der Waals surface area contributed by atoms with Crippen molar-refractivity contribution in [3.63, 3.8) is 0 Å². The predicted octanol–water partition coefficient (Wildman–Crippen LogP) is 17.2. The molecule has 0 aromatic rings. The van der Waals surface area contributed by atoms with Crippen molar-refractivity contribution >= 4 is 17.9 Å². The summed E-state index contributed by atoms with van der Waals surface area (Å²) in [6.07, 6.45) is 65.6. The Morgan fingerprint density at radius 2 is 0.619 bits per heavy atom. The number of esters is 3. The third kappa shape index (κ3) is 49.5. The molecule has 0 spiro atoms. The van der Waals surface area contributed by atoms with E-state index in [-0.39, 0.29) is 37.5 Å². The summed E-state index contributed by atoms with van der Waals surface area (Å²) in [5.74, 6) is -0.961. The molecule has 360 valence electrons. The lowest BCUT2D eigenvalue weighted by molar-refractivity contribution is -0.167. The van der Waals surface area contributed by atoms with E-state index in [1.54, 1.807) is 0 Å². The molecular formula is C57H96O6. The van der Waals surface area contributed by atoms with Crippen LogP contribution in [0.15, 0.2) is 85.1 Å². The zero-order valence-electron chi connectivity index (χ0n) is 41.1. The summed E-state index contributed by atoms with van der Waals surface area (Å²) in [4.78, 5) is 38.0. The van der Waals surface area contributed by atoms with Crippen molar-refractivity contribution in [2.75, 3.05) is 13.2 Å². The van der Waals surface area contributed by atoms with Gasteiger partial charge in [-0.3, -0.25) is 14.4 Å². The Bertz CT molecular complexity index is 1240. The van der Waals surface area contributed by atoms with Gasteiger partial charge >= 0.3 is 17.9 Å². The number of rotatable bonds is 46. The van der Waals surface area contributed by atoms with Gasteiger partial charge in [0.2, 0.25) is 0 Å². The highest BCUT2D eigenvalue weighted by molar-refractivity contribution is 5.71. The van der Waals surface area contributed by atoms with E-state index >= 15 is 0 Å². The first-order valence-corrected chi connectivity index (χ1v) is 26.1. The molecule has 0 aromatic heterocycles. The van der Waals surface area contributed by atoms with Crippen LogP contribution in [0, 0.1) is 0 Å². The normalized spacial score (nSPS) is 12.7. The highest BCUT2D eigenvalue weighted by Crippen LogP contribution is 2.13. The first-order chi connectivity index (χ1) is 31.0. The molecule has 0 amide bonds. The number of ether oxygens (including phenoxy) is 3. The highest BCUT2D eigenvalue weighted by Gasteiger charge is 2.19. The van der Waals surface area contributed by atoms with Crippen LogP contribution in [-0.4, -0.2) is 37.2 Å². The molecule has 0 rings (SSSR count). The Balaban J connectivity index is 4.49.